The lowest BCUT2D eigenvalue weighted by molar-refractivity contribution is 0.335. The zero-order valence-electron chi connectivity index (χ0n) is 11.7. The molecule has 1 saturated carbocycles. The molecule has 1 aromatic carbocycles. The van der Waals surface area contributed by atoms with Crippen LogP contribution in [0.1, 0.15) is 51.0 Å². The summed E-state index contributed by atoms with van der Waals surface area (Å²) < 4.78 is 0. The third-order valence-corrected chi connectivity index (χ3v) is 4.66. The zero-order valence-corrected chi connectivity index (χ0v) is 12.4. The lowest BCUT2D eigenvalue weighted by atomic mass is 9.93. The highest BCUT2D eigenvalue weighted by atomic mass is 35.5. The third kappa shape index (κ3) is 4.12. The van der Waals surface area contributed by atoms with E-state index in [9.17, 15) is 5.11 Å². The topological polar surface area (TPSA) is 32.3 Å². The van der Waals surface area contributed by atoms with Gasteiger partial charge < -0.3 is 10.4 Å². The molecule has 0 spiro atoms. The largest absolute Gasteiger partial charge is 0.508 e. The smallest absolute Gasteiger partial charge is 0.121 e. The van der Waals surface area contributed by atoms with Crippen LogP contribution in [-0.2, 0) is 6.54 Å². The first-order chi connectivity index (χ1) is 9.18. The first kappa shape index (κ1) is 14.7. The third-order valence-electron chi connectivity index (χ3n) is 4.30. The maximum Gasteiger partial charge on any atom is 0.121 e. The van der Waals surface area contributed by atoms with Crippen molar-refractivity contribution >= 4 is 11.6 Å². The van der Waals surface area contributed by atoms with Crippen molar-refractivity contribution in [2.24, 2.45) is 5.92 Å². The number of phenolic OH excluding ortho intramolecular Hbond substituents is 1. The Morgan fingerprint density at radius 1 is 1.26 bits per heavy atom. The molecule has 3 heteroatoms. The van der Waals surface area contributed by atoms with Crippen molar-refractivity contribution in [1.29, 1.82) is 0 Å². The molecule has 0 amide bonds. The van der Waals surface area contributed by atoms with Gasteiger partial charge in [-0.15, -0.1) is 0 Å². The molecular formula is C16H24ClNO. The molecule has 2 rings (SSSR count). The molecule has 106 valence electrons. The summed E-state index contributed by atoms with van der Waals surface area (Å²) in [6.45, 7) is 2.90. The minimum Gasteiger partial charge on any atom is -0.508 e. The van der Waals surface area contributed by atoms with Gasteiger partial charge in [0, 0.05) is 23.2 Å². The van der Waals surface area contributed by atoms with Crippen molar-refractivity contribution in [3.63, 3.8) is 0 Å². The summed E-state index contributed by atoms with van der Waals surface area (Å²) >= 11 is 6.12. The lowest BCUT2D eigenvalue weighted by Gasteiger charge is -2.24. The first-order valence-corrected chi connectivity index (χ1v) is 7.76. The minimum absolute atomic E-state index is 0.285. The fraction of sp³-hybridized carbons (Fsp3) is 0.625. The van der Waals surface area contributed by atoms with E-state index in [0.29, 0.717) is 17.6 Å². The highest BCUT2D eigenvalue weighted by Crippen LogP contribution is 2.28. The van der Waals surface area contributed by atoms with Crippen molar-refractivity contribution in [2.45, 2.75) is 58.0 Å². The van der Waals surface area contributed by atoms with Gasteiger partial charge in [0.15, 0.2) is 0 Å². The molecule has 0 saturated heterocycles. The first-order valence-electron chi connectivity index (χ1n) is 7.38. The normalized spacial score (nSPS) is 19.1. The highest BCUT2D eigenvalue weighted by Gasteiger charge is 2.19. The monoisotopic (exact) mass is 281 g/mol. The van der Waals surface area contributed by atoms with Crippen molar-refractivity contribution in [2.75, 3.05) is 0 Å². The van der Waals surface area contributed by atoms with Gasteiger partial charge in [0.2, 0.25) is 0 Å². The predicted molar refractivity (Wildman–Crippen MR) is 80.6 cm³/mol. The number of hydrogen-bond donors (Lipinski definition) is 2. The van der Waals surface area contributed by atoms with Crippen LogP contribution < -0.4 is 5.32 Å². The van der Waals surface area contributed by atoms with Gasteiger partial charge in [0.25, 0.3) is 0 Å². The van der Waals surface area contributed by atoms with Crippen LogP contribution in [0.25, 0.3) is 0 Å². The van der Waals surface area contributed by atoms with E-state index in [0.717, 1.165) is 11.5 Å². The molecule has 0 unspecified atom stereocenters. The molecule has 0 aliphatic heterocycles. The summed E-state index contributed by atoms with van der Waals surface area (Å²) in [4.78, 5) is 0. The van der Waals surface area contributed by atoms with Crippen LogP contribution in [0.3, 0.4) is 0 Å². The molecule has 1 aliphatic carbocycles. The summed E-state index contributed by atoms with van der Waals surface area (Å²) in [6.07, 6.45) is 8.12. The number of rotatable bonds is 4. The van der Waals surface area contributed by atoms with Crippen molar-refractivity contribution < 1.29 is 5.11 Å². The predicted octanol–water partition coefficient (Wildman–Crippen LogP) is 4.49. The van der Waals surface area contributed by atoms with Crippen LogP contribution in [0.5, 0.6) is 5.75 Å². The van der Waals surface area contributed by atoms with E-state index in [1.165, 1.54) is 38.5 Å². The number of hydrogen-bond acceptors (Lipinski definition) is 2. The van der Waals surface area contributed by atoms with E-state index in [1.807, 2.05) is 6.07 Å². The fourth-order valence-electron chi connectivity index (χ4n) is 2.96. The quantitative estimate of drug-likeness (QED) is 0.797. The van der Waals surface area contributed by atoms with Gasteiger partial charge in [-0.25, -0.2) is 0 Å². The molecule has 0 aromatic heterocycles. The van der Waals surface area contributed by atoms with E-state index in [1.54, 1.807) is 12.1 Å². The van der Waals surface area contributed by atoms with Crippen LogP contribution in [0.15, 0.2) is 18.2 Å². The summed E-state index contributed by atoms with van der Waals surface area (Å²) in [7, 11) is 0. The Kier molecular flexibility index (Phi) is 5.53. The maximum absolute atomic E-state index is 9.84. The van der Waals surface area contributed by atoms with Gasteiger partial charge in [-0.1, -0.05) is 43.4 Å². The van der Waals surface area contributed by atoms with Crippen LogP contribution in [-0.4, -0.2) is 11.1 Å². The minimum atomic E-state index is 0.285. The Hall–Kier alpha value is -0.730. The van der Waals surface area contributed by atoms with Gasteiger partial charge in [-0.05, 0) is 37.8 Å². The number of nitrogens with one attached hydrogen (secondary N) is 1. The Bertz CT molecular complexity index is 379. The Morgan fingerprint density at radius 3 is 2.58 bits per heavy atom. The van der Waals surface area contributed by atoms with E-state index in [2.05, 4.69) is 12.2 Å². The van der Waals surface area contributed by atoms with Crippen LogP contribution in [0, 0.1) is 5.92 Å². The van der Waals surface area contributed by atoms with Crippen LogP contribution in [0.4, 0.5) is 0 Å². The highest BCUT2D eigenvalue weighted by molar-refractivity contribution is 6.31. The van der Waals surface area contributed by atoms with E-state index >= 15 is 0 Å². The number of phenols is 1. The average molecular weight is 282 g/mol. The van der Waals surface area contributed by atoms with Crippen LogP contribution >= 0.6 is 11.6 Å². The second-order valence-electron chi connectivity index (χ2n) is 5.66. The molecule has 19 heavy (non-hydrogen) atoms. The summed E-state index contributed by atoms with van der Waals surface area (Å²) in [5, 5.41) is 14.0. The molecular weight excluding hydrogens is 258 g/mol. The molecule has 2 nitrogen and oxygen atoms in total. The summed E-state index contributed by atoms with van der Waals surface area (Å²) in [6, 6.07) is 5.78. The molecule has 1 aromatic rings. The van der Waals surface area contributed by atoms with Crippen molar-refractivity contribution in [3.8, 4) is 5.75 Å². The van der Waals surface area contributed by atoms with Crippen molar-refractivity contribution in [1.82, 2.24) is 5.32 Å². The van der Waals surface area contributed by atoms with Crippen LogP contribution in [0.2, 0.25) is 5.02 Å². The lowest BCUT2D eigenvalue weighted by Crippen LogP contribution is -2.33. The van der Waals surface area contributed by atoms with E-state index < -0.39 is 0 Å². The molecule has 1 aliphatic rings. The average Bonchev–Trinajstić information content (AvgIpc) is 2.66. The molecule has 1 fully saturated rings. The summed E-state index contributed by atoms with van der Waals surface area (Å²) in [5.74, 6) is 1.04. The maximum atomic E-state index is 9.84. The van der Waals surface area contributed by atoms with Gasteiger partial charge >= 0.3 is 0 Å². The molecule has 0 bridgehead atoms. The zero-order chi connectivity index (χ0) is 13.7. The number of halogens is 1. The van der Waals surface area contributed by atoms with Gasteiger partial charge in [0.05, 0.1) is 0 Å². The standard InChI is InChI=1S/C16H24ClNO/c1-12(13-7-4-2-3-5-8-13)18-11-14-15(17)9-6-10-16(14)19/h6,9-10,12-13,18-19H,2-5,7-8,11H2,1H3/t12-/m0/s1. The summed E-state index contributed by atoms with van der Waals surface area (Å²) in [5.41, 5.74) is 0.810. The SMILES string of the molecule is C[C@H](NCc1c(O)cccc1Cl)C1CCCCCC1. The molecule has 0 radical (unpaired) electrons. The van der Waals surface area contributed by atoms with E-state index in [4.69, 9.17) is 11.6 Å². The Labute approximate surface area is 121 Å². The second kappa shape index (κ2) is 7.16. The van der Waals surface area contributed by atoms with Gasteiger partial charge in [-0.3, -0.25) is 0 Å². The van der Waals surface area contributed by atoms with Gasteiger partial charge in [0.1, 0.15) is 5.75 Å². The molecule has 2 N–H and O–H groups in total. The van der Waals surface area contributed by atoms with Gasteiger partial charge in [-0.2, -0.15) is 0 Å². The fourth-order valence-corrected chi connectivity index (χ4v) is 3.20. The van der Waals surface area contributed by atoms with E-state index in [-0.39, 0.29) is 5.75 Å². The Morgan fingerprint density at radius 2 is 1.95 bits per heavy atom. The number of benzene rings is 1. The molecule has 1 atom stereocenters. The van der Waals surface area contributed by atoms with Crippen molar-refractivity contribution in [3.05, 3.63) is 28.8 Å². The Balaban J connectivity index is 1.90. The molecule has 0 heterocycles. The second-order valence-corrected chi connectivity index (χ2v) is 6.07. The number of aromatic hydroxyl groups is 1.